The van der Waals surface area contributed by atoms with Gasteiger partial charge in [0, 0.05) is 21.3 Å². The lowest BCUT2D eigenvalue weighted by atomic mass is 9.92. The third-order valence-corrected chi connectivity index (χ3v) is 3.45. The molecule has 0 saturated heterocycles. The van der Waals surface area contributed by atoms with E-state index in [0.29, 0.717) is 12.4 Å². The number of allylic oxidation sites excluding steroid dienone is 1. The van der Waals surface area contributed by atoms with Crippen molar-refractivity contribution in [1.82, 2.24) is 5.32 Å². The van der Waals surface area contributed by atoms with Crippen molar-refractivity contribution in [3.05, 3.63) is 18.0 Å². The van der Waals surface area contributed by atoms with Crippen molar-refractivity contribution in [1.29, 1.82) is 0 Å². The Bertz CT molecular complexity index is 395. The molecule has 0 aromatic heterocycles. The summed E-state index contributed by atoms with van der Waals surface area (Å²) in [5, 5.41) is 2.91. The van der Waals surface area contributed by atoms with Crippen LogP contribution < -0.4 is 11.1 Å². The van der Waals surface area contributed by atoms with Gasteiger partial charge in [0.1, 0.15) is 24.3 Å². The van der Waals surface area contributed by atoms with Gasteiger partial charge in [0.15, 0.2) is 0 Å². The highest BCUT2D eigenvalue weighted by molar-refractivity contribution is 5.44. The quantitative estimate of drug-likeness (QED) is 0.589. The van der Waals surface area contributed by atoms with Crippen molar-refractivity contribution in [3.8, 4) is 0 Å². The van der Waals surface area contributed by atoms with Gasteiger partial charge in [0.05, 0.1) is 30.6 Å². The second-order valence-corrected chi connectivity index (χ2v) is 4.82. The third-order valence-electron chi connectivity index (χ3n) is 3.45. The van der Waals surface area contributed by atoms with Crippen LogP contribution in [0, 0.1) is 0 Å². The molecule has 7 heteroatoms. The Hall–Kier alpha value is -1.37. The Kier molecular flexibility index (Phi) is 7.42. The summed E-state index contributed by atoms with van der Waals surface area (Å²) in [6.45, 7) is 2.17. The van der Waals surface area contributed by atoms with Crippen molar-refractivity contribution in [3.63, 3.8) is 0 Å². The fourth-order valence-electron chi connectivity index (χ4n) is 2.49. The number of methoxy groups -OCH3 is 3. The molecule has 5 atom stereocenters. The van der Waals surface area contributed by atoms with Crippen LogP contribution in [0.2, 0.25) is 0 Å². The van der Waals surface area contributed by atoms with Gasteiger partial charge in [-0.1, -0.05) is 0 Å². The average Bonchev–Trinajstić information content (AvgIpc) is 2.46. The zero-order valence-electron chi connectivity index (χ0n) is 12.9. The van der Waals surface area contributed by atoms with Crippen LogP contribution in [0.25, 0.3) is 0 Å². The summed E-state index contributed by atoms with van der Waals surface area (Å²) in [4.78, 5) is 10.4. The summed E-state index contributed by atoms with van der Waals surface area (Å²) < 4.78 is 22.0. The van der Waals surface area contributed by atoms with Crippen LogP contribution in [0.3, 0.4) is 0 Å². The first kappa shape index (κ1) is 17.7. The van der Waals surface area contributed by atoms with E-state index >= 15 is 0 Å². The number of nitrogens with two attached hydrogens (primary N) is 1. The van der Waals surface area contributed by atoms with E-state index in [4.69, 9.17) is 24.7 Å². The van der Waals surface area contributed by atoms with Crippen molar-refractivity contribution in [2.75, 3.05) is 27.9 Å². The number of hydrogen-bond acceptors (Lipinski definition) is 7. The summed E-state index contributed by atoms with van der Waals surface area (Å²) >= 11 is 0. The fraction of sp³-hybridized carbons (Fsp3) is 0.714. The van der Waals surface area contributed by atoms with E-state index < -0.39 is 12.2 Å². The minimum absolute atomic E-state index is 0.326. The summed E-state index contributed by atoms with van der Waals surface area (Å²) in [6, 6.07) is -0.666. The molecular formula is C14H24N2O5. The lowest BCUT2D eigenvalue weighted by Gasteiger charge is -2.40. The molecule has 1 rings (SSSR count). The van der Waals surface area contributed by atoms with Crippen molar-refractivity contribution >= 4 is 5.94 Å². The lowest BCUT2D eigenvalue weighted by Crippen LogP contribution is -2.60. The fourth-order valence-corrected chi connectivity index (χ4v) is 2.49. The van der Waals surface area contributed by atoms with Crippen LogP contribution in [0.4, 0.5) is 0 Å². The molecule has 0 spiro atoms. The molecule has 3 N–H and O–H groups in total. The van der Waals surface area contributed by atoms with E-state index in [1.165, 1.54) is 6.20 Å². The van der Waals surface area contributed by atoms with Crippen molar-refractivity contribution in [2.24, 2.45) is 5.73 Å². The Morgan fingerprint density at radius 3 is 2.71 bits per heavy atom. The maximum Gasteiger partial charge on any atom is 0.149 e. The molecule has 1 aliphatic rings. The largest absolute Gasteiger partial charge is 0.490 e. The average molecular weight is 300 g/mol. The zero-order valence-corrected chi connectivity index (χ0v) is 12.9. The van der Waals surface area contributed by atoms with E-state index in [0.717, 1.165) is 0 Å². The topological polar surface area (TPSA) is 92.0 Å². The molecule has 0 fully saturated rings. The zero-order chi connectivity index (χ0) is 15.8. The van der Waals surface area contributed by atoms with Crippen LogP contribution in [0.1, 0.15) is 6.92 Å². The van der Waals surface area contributed by atoms with Gasteiger partial charge in [-0.2, -0.15) is 0 Å². The molecule has 0 bridgehead atoms. The second-order valence-electron chi connectivity index (χ2n) is 4.82. The number of hydrogen-bond donors (Lipinski definition) is 2. The molecule has 0 saturated carbocycles. The molecule has 0 aliphatic carbocycles. The molecule has 7 nitrogen and oxygen atoms in total. The highest BCUT2D eigenvalue weighted by atomic mass is 16.6. The van der Waals surface area contributed by atoms with Gasteiger partial charge >= 0.3 is 0 Å². The van der Waals surface area contributed by atoms with E-state index in [1.54, 1.807) is 33.3 Å². The second kappa shape index (κ2) is 8.81. The first-order chi connectivity index (χ1) is 10.1. The van der Waals surface area contributed by atoms with Crippen LogP contribution in [0.15, 0.2) is 18.0 Å². The minimum Gasteiger partial charge on any atom is -0.490 e. The molecule has 1 aliphatic heterocycles. The molecule has 5 unspecified atom stereocenters. The van der Waals surface area contributed by atoms with Crippen LogP contribution in [-0.4, -0.2) is 64.3 Å². The van der Waals surface area contributed by atoms with Crippen molar-refractivity contribution in [2.45, 2.75) is 37.3 Å². The van der Waals surface area contributed by atoms with Gasteiger partial charge in [0.2, 0.25) is 0 Å². The molecule has 0 aromatic carbocycles. The normalized spacial score (nSPS) is 27.9. The number of ether oxygens (including phenoxy) is 4. The smallest absolute Gasteiger partial charge is 0.149 e. The Labute approximate surface area is 125 Å². The molecule has 0 amide bonds. The van der Waals surface area contributed by atoms with E-state index in [9.17, 15) is 4.79 Å². The first-order valence-corrected chi connectivity index (χ1v) is 6.69. The number of carbonyl (C=O) groups excluding carboxylic acids is 1. The predicted octanol–water partition coefficient (Wildman–Crippen LogP) is -0.404. The molecule has 1 heterocycles. The van der Waals surface area contributed by atoms with Gasteiger partial charge < -0.3 is 30.0 Å². The summed E-state index contributed by atoms with van der Waals surface area (Å²) in [6.07, 6.45) is 1.80. The van der Waals surface area contributed by atoms with E-state index in [2.05, 4.69) is 5.32 Å². The number of nitrogens with one attached hydrogen (secondary N) is 1. The first-order valence-electron chi connectivity index (χ1n) is 6.69. The maximum atomic E-state index is 10.4. The standard InChI is InChI=1S/C14H24N2O5/c1-9-7-10(15)12(16-5-6-17)14(21-9)13(20-4)11(19-3)8-18-2/h5,7,10-14,16H,8,15H2,1-4H3. The number of rotatable bonds is 8. The Morgan fingerprint density at radius 1 is 1.48 bits per heavy atom. The van der Waals surface area contributed by atoms with Crippen LogP contribution >= 0.6 is 0 Å². The van der Waals surface area contributed by atoms with Crippen LogP contribution in [0.5, 0.6) is 0 Å². The van der Waals surface area contributed by atoms with E-state index in [-0.39, 0.29) is 18.2 Å². The van der Waals surface area contributed by atoms with Gasteiger partial charge in [-0.15, -0.1) is 0 Å². The SMILES string of the molecule is COCC(OC)C(OC)C1OC(C)=CC(N)C1NC=C=O. The minimum atomic E-state index is -0.431. The van der Waals surface area contributed by atoms with Gasteiger partial charge in [-0.3, -0.25) is 0 Å². The lowest BCUT2D eigenvalue weighted by molar-refractivity contribution is -0.132. The Morgan fingerprint density at radius 2 is 2.19 bits per heavy atom. The summed E-state index contributed by atoms with van der Waals surface area (Å²) in [5.74, 6) is 2.38. The van der Waals surface area contributed by atoms with Gasteiger partial charge in [0.25, 0.3) is 0 Å². The monoisotopic (exact) mass is 300 g/mol. The third kappa shape index (κ3) is 4.56. The summed E-state index contributed by atoms with van der Waals surface area (Å²) in [5.41, 5.74) is 6.11. The Balaban J connectivity index is 3.00. The molecule has 0 radical (unpaired) electrons. The predicted molar refractivity (Wildman–Crippen MR) is 77.3 cm³/mol. The molecule has 0 aromatic rings. The van der Waals surface area contributed by atoms with Gasteiger partial charge in [-0.05, 0) is 13.0 Å². The molecular weight excluding hydrogens is 276 g/mol. The summed E-state index contributed by atoms with van der Waals surface area (Å²) in [7, 11) is 4.73. The van der Waals surface area contributed by atoms with Crippen LogP contribution in [-0.2, 0) is 23.7 Å². The highest BCUT2D eigenvalue weighted by Crippen LogP contribution is 2.24. The van der Waals surface area contributed by atoms with Crippen molar-refractivity contribution < 1.29 is 23.7 Å². The highest BCUT2D eigenvalue weighted by Gasteiger charge is 2.41. The maximum absolute atomic E-state index is 10.4. The molecule has 21 heavy (non-hydrogen) atoms. The van der Waals surface area contributed by atoms with Gasteiger partial charge in [-0.25, -0.2) is 4.79 Å². The molecule has 120 valence electrons. The van der Waals surface area contributed by atoms with E-state index in [1.807, 2.05) is 6.92 Å².